The van der Waals surface area contributed by atoms with Crippen molar-refractivity contribution in [1.29, 1.82) is 0 Å². The number of carboxylic acids is 1. The van der Waals surface area contributed by atoms with Crippen LogP contribution in [-0.2, 0) is 12.6 Å². The molecule has 0 saturated carbocycles. The summed E-state index contributed by atoms with van der Waals surface area (Å²) in [5.41, 5.74) is 2.25. The lowest BCUT2D eigenvalue weighted by atomic mass is 10.0. The molecule has 4 nitrogen and oxygen atoms in total. The first kappa shape index (κ1) is 19.5. The molecular weight excluding hydrogens is 369 g/mol. The van der Waals surface area contributed by atoms with E-state index in [2.05, 4.69) is 9.97 Å². The van der Waals surface area contributed by atoms with Gasteiger partial charge >= 0.3 is 12.1 Å². The Labute approximate surface area is 159 Å². The topological polar surface area (TPSA) is 63.1 Å². The fraction of sp³-hybridized carbons (Fsp3) is 0.190. The SMILES string of the molecule is CCCc1cnc(-c2ccc(C(F)(F)F)cc2)c(-c2ccc(C(=O)O)cc2)n1. The molecule has 0 aliphatic rings. The van der Waals surface area contributed by atoms with Crippen LogP contribution in [0.1, 0.15) is 35.0 Å². The summed E-state index contributed by atoms with van der Waals surface area (Å²) in [6.07, 6.45) is -1.22. The van der Waals surface area contributed by atoms with Crippen molar-refractivity contribution in [2.75, 3.05) is 0 Å². The number of aromatic carboxylic acids is 1. The number of rotatable bonds is 5. The van der Waals surface area contributed by atoms with Gasteiger partial charge in [-0.05, 0) is 30.7 Å². The van der Waals surface area contributed by atoms with Crippen molar-refractivity contribution >= 4 is 5.97 Å². The quantitative estimate of drug-likeness (QED) is 0.631. The number of carbonyl (C=O) groups is 1. The summed E-state index contributed by atoms with van der Waals surface area (Å²) >= 11 is 0. The molecule has 0 saturated heterocycles. The van der Waals surface area contributed by atoms with Gasteiger partial charge in [-0.3, -0.25) is 4.98 Å². The van der Waals surface area contributed by atoms with Gasteiger partial charge in [-0.1, -0.05) is 37.6 Å². The van der Waals surface area contributed by atoms with Gasteiger partial charge in [0, 0.05) is 17.3 Å². The average molecular weight is 386 g/mol. The van der Waals surface area contributed by atoms with Crippen LogP contribution in [0, 0.1) is 0 Å². The molecule has 0 atom stereocenters. The lowest BCUT2D eigenvalue weighted by molar-refractivity contribution is -0.137. The number of carboxylic acid groups (broad SMARTS) is 1. The van der Waals surface area contributed by atoms with Crippen molar-refractivity contribution in [3.63, 3.8) is 0 Å². The van der Waals surface area contributed by atoms with Crippen LogP contribution in [0.3, 0.4) is 0 Å². The van der Waals surface area contributed by atoms with E-state index in [-0.39, 0.29) is 5.56 Å². The number of halogens is 3. The van der Waals surface area contributed by atoms with Gasteiger partial charge in [0.1, 0.15) is 0 Å². The highest BCUT2D eigenvalue weighted by molar-refractivity contribution is 5.88. The van der Waals surface area contributed by atoms with E-state index in [9.17, 15) is 18.0 Å². The second-order valence-electron chi connectivity index (χ2n) is 6.27. The predicted molar refractivity (Wildman–Crippen MR) is 98.9 cm³/mol. The van der Waals surface area contributed by atoms with E-state index in [0.29, 0.717) is 28.9 Å². The minimum absolute atomic E-state index is 0.137. The summed E-state index contributed by atoms with van der Waals surface area (Å²) in [5, 5.41) is 9.06. The summed E-state index contributed by atoms with van der Waals surface area (Å²) in [7, 11) is 0. The molecule has 0 spiro atoms. The normalized spacial score (nSPS) is 11.4. The molecule has 0 aliphatic carbocycles. The standard InChI is InChI=1S/C21H17F3N2O2/c1-2-3-17-12-25-18(13-8-10-16(11-9-13)21(22,23)24)19(26-17)14-4-6-15(7-5-14)20(27)28/h4-12H,2-3H2,1H3,(H,27,28). The van der Waals surface area contributed by atoms with Gasteiger partial charge in [-0.15, -0.1) is 0 Å². The lowest BCUT2D eigenvalue weighted by Crippen LogP contribution is -2.04. The summed E-state index contributed by atoms with van der Waals surface area (Å²) in [5.74, 6) is -1.04. The molecule has 0 bridgehead atoms. The van der Waals surface area contributed by atoms with Crippen LogP contribution in [0.2, 0.25) is 0 Å². The van der Waals surface area contributed by atoms with Crippen molar-refractivity contribution in [3.8, 4) is 22.5 Å². The number of alkyl halides is 3. The predicted octanol–water partition coefficient (Wildman–Crippen LogP) is 5.48. The average Bonchev–Trinajstić information content (AvgIpc) is 2.68. The Balaban J connectivity index is 2.09. The Morgan fingerprint density at radius 2 is 1.54 bits per heavy atom. The Kier molecular flexibility index (Phi) is 5.44. The van der Waals surface area contributed by atoms with Crippen LogP contribution >= 0.6 is 0 Å². The molecule has 0 unspecified atom stereocenters. The van der Waals surface area contributed by atoms with E-state index in [1.54, 1.807) is 18.3 Å². The second kappa shape index (κ2) is 7.80. The van der Waals surface area contributed by atoms with Crippen LogP contribution in [0.15, 0.2) is 54.7 Å². The second-order valence-corrected chi connectivity index (χ2v) is 6.27. The van der Waals surface area contributed by atoms with Gasteiger partial charge < -0.3 is 5.11 Å². The number of nitrogens with zero attached hydrogens (tertiary/aromatic N) is 2. The molecule has 144 valence electrons. The Morgan fingerprint density at radius 1 is 0.964 bits per heavy atom. The molecule has 2 aromatic carbocycles. The first-order chi connectivity index (χ1) is 13.3. The first-order valence-electron chi connectivity index (χ1n) is 8.67. The van der Waals surface area contributed by atoms with E-state index < -0.39 is 17.7 Å². The van der Waals surface area contributed by atoms with E-state index in [1.165, 1.54) is 24.3 Å². The third-order valence-corrected chi connectivity index (χ3v) is 4.22. The monoisotopic (exact) mass is 386 g/mol. The van der Waals surface area contributed by atoms with Crippen molar-refractivity contribution in [1.82, 2.24) is 9.97 Å². The molecular formula is C21H17F3N2O2. The van der Waals surface area contributed by atoms with Crippen LogP contribution in [0.5, 0.6) is 0 Å². The Hall–Kier alpha value is -3.22. The molecule has 0 fully saturated rings. The highest BCUT2D eigenvalue weighted by Crippen LogP contribution is 2.33. The molecule has 0 radical (unpaired) electrons. The van der Waals surface area contributed by atoms with Crippen LogP contribution in [-0.4, -0.2) is 21.0 Å². The van der Waals surface area contributed by atoms with E-state index in [0.717, 1.165) is 24.2 Å². The van der Waals surface area contributed by atoms with Crippen LogP contribution < -0.4 is 0 Å². The zero-order valence-electron chi connectivity index (χ0n) is 15.0. The fourth-order valence-corrected chi connectivity index (χ4v) is 2.80. The summed E-state index contributed by atoms with van der Waals surface area (Å²) in [6, 6.07) is 10.9. The molecule has 7 heteroatoms. The molecule has 3 aromatic rings. The summed E-state index contributed by atoms with van der Waals surface area (Å²) < 4.78 is 38.5. The Morgan fingerprint density at radius 3 is 2.07 bits per heavy atom. The van der Waals surface area contributed by atoms with Gasteiger partial charge in [-0.2, -0.15) is 13.2 Å². The van der Waals surface area contributed by atoms with Gasteiger partial charge in [0.05, 0.1) is 28.2 Å². The molecule has 28 heavy (non-hydrogen) atoms. The maximum Gasteiger partial charge on any atom is 0.416 e. The van der Waals surface area contributed by atoms with Crippen molar-refractivity contribution in [2.24, 2.45) is 0 Å². The van der Waals surface area contributed by atoms with Gasteiger partial charge in [0.2, 0.25) is 0 Å². The van der Waals surface area contributed by atoms with Gasteiger partial charge in [0.15, 0.2) is 0 Å². The molecule has 1 N–H and O–H groups in total. The zero-order valence-corrected chi connectivity index (χ0v) is 15.0. The molecule has 1 aromatic heterocycles. The van der Waals surface area contributed by atoms with E-state index in [1.807, 2.05) is 6.92 Å². The summed E-state index contributed by atoms with van der Waals surface area (Å²) in [6.45, 7) is 2.01. The number of aryl methyl sites for hydroxylation is 1. The Bertz CT molecular complexity index is 982. The molecule has 1 heterocycles. The number of benzene rings is 2. The van der Waals surface area contributed by atoms with Crippen LogP contribution in [0.4, 0.5) is 13.2 Å². The number of aromatic nitrogens is 2. The largest absolute Gasteiger partial charge is 0.478 e. The van der Waals surface area contributed by atoms with Gasteiger partial charge in [0.25, 0.3) is 0 Å². The summed E-state index contributed by atoms with van der Waals surface area (Å²) in [4.78, 5) is 20.1. The smallest absolute Gasteiger partial charge is 0.416 e. The van der Waals surface area contributed by atoms with E-state index >= 15 is 0 Å². The van der Waals surface area contributed by atoms with E-state index in [4.69, 9.17) is 5.11 Å². The molecule has 0 aliphatic heterocycles. The number of hydrogen-bond donors (Lipinski definition) is 1. The highest BCUT2D eigenvalue weighted by Gasteiger charge is 2.30. The zero-order chi connectivity index (χ0) is 20.3. The molecule has 3 rings (SSSR count). The highest BCUT2D eigenvalue weighted by atomic mass is 19.4. The molecule has 0 amide bonds. The maximum atomic E-state index is 12.8. The fourth-order valence-electron chi connectivity index (χ4n) is 2.80. The lowest BCUT2D eigenvalue weighted by Gasteiger charge is -2.12. The van der Waals surface area contributed by atoms with Crippen molar-refractivity contribution in [3.05, 3.63) is 71.5 Å². The minimum Gasteiger partial charge on any atom is -0.478 e. The van der Waals surface area contributed by atoms with Gasteiger partial charge in [-0.25, -0.2) is 9.78 Å². The minimum atomic E-state index is -4.41. The maximum absolute atomic E-state index is 12.8. The number of hydrogen-bond acceptors (Lipinski definition) is 3. The third-order valence-electron chi connectivity index (χ3n) is 4.22. The van der Waals surface area contributed by atoms with Crippen molar-refractivity contribution in [2.45, 2.75) is 25.9 Å². The van der Waals surface area contributed by atoms with Crippen LogP contribution in [0.25, 0.3) is 22.5 Å². The van der Waals surface area contributed by atoms with Crippen molar-refractivity contribution < 1.29 is 23.1 Å². The third kappa shape index (κ3) is 4.19. The first-order valence-corrected chi connectivity index (χ1v) is 8.67.